The Labute approximate surface area is 142 Å². The third kappa shape index (κ3) is 3.02. The Morgan fingerprint density at radius 1 is 1.20 bits per heavy atom. The van der Waals surface area contributed by atoms with E-state index in [1.807, 2.05) is 13.0 Å². The van der Waals surface area contributed by atoms with E-state index in [9.17, 15) is 23.8 Å². The smallest absolute Gasteiger partial charge is 0.270 e. The van der Waals surface area contributed by atoms with Crippen LogP contribution in [-0.2, 0) is 10.0 Å². The van der Waals surface area contributed by atoms with Crippen molar-refractivity contribution >= 4 is 32.3 Å². The summed E-state index contributed by atoms with van der Waals surface area (Å²) < 4.78 is 27.5. The van der Waals surface area contributed by atoms with Crippen LogP contribution in [-0.4, -0.2) is 18.3 Å². The van der Waals surface area contributed by atoms with Gasteiger partial charge in [-0.2, -0.15) is 5.26 Å². The summed E-state index contributed by atoms with van der Waals surface area (Å²) in [4.78, 5) is 13.2. The Hall–Kier alpha value is -3.38. The van der Waals surface area contributed by atoms with Crippen LogP contribution >= 0.6 is 0 Å². The lowest BCUT2D eigenvalue weighted by Crippen LogP contribution is -2.13. The van der Waals surface area contributed by atoms with Gasteiger partial charge in [0.05, 0.1) is 15.5 Å². The molecule has 0 atom stereocenters. The van der Waals surface area contributed by atoms with E-state index in [0.29, 0.717) is 5.52 Å². The third-order valence-electron chi connectivity index (χ3n) is 3.67. The number of nitro benzene ring substituents is 1. The molecule has 8 nitrogen and oxygen atoms in total. The summed E-state index contributed by atoms with van der Waals surface area (Å²) in [7, 11) is -3.95. The van der Waals surface area contributed by atoms with E-state index in [2.05, 4.69) is 9.71 Å². The van der Waals surface area contributed by atoms with Crippen LogP contribution in [0.5, 0.6) is 0 Å². The Kier molecular flexibility index (Phi) is 3.90. The topological polar surface area (TPSA) is 129 Å². The summed E-state index contributed by atoms with van der Waals surface area (Å²) in [6.45, 7) is 1.83. The molecule has 1 heterocycles. The number of non-ortho nitro benzene ring substituents is 1. The molecule has 1 aromatic heterocycles. The number of nitrogens with one attached hydrogen (secondary N) is 2. The van der Waals surface area contributed by atoms with Crippen molar-refractivity contribution < 1.29 is 13.3 Å². The fourth-order valence-corrected chi connectivity index (χ4v) is 3.49. The molecule has 0 aliphatic rings. The Balaban J connectivity index is 2.14. The van der Waals surface area contributed by atoms with Gasteiger partial charge >= 0.3 is 0 Å². The molecule has 3 aromatic rings. The van der Waals surface area contributed by atoms with Crippen LogP contribution in [0.2, 0.25) is 0 Å². The molecule has 0 aliphatic heterocycles. The molecule has 0 fully saturated rings. The fraction of sp³-hybridized carbons (Fsp3) is 0.0625. The van der Waals surface area contributed by atoms with Gasteiger partial charge < -0.3 is 4.98 Å². The van der Waals surface area contributed by atoms with E-state index < -0.39 is 14.9 Å². The van der Waals surface area contributed by atoms with Gasteiger partial charge in [-0.25, -0.2) is 8.42 Å². The average Bonchev–Trinajstić information content (AvgIpc) is 2.91. The van der Waals surface area contributed by atoms with Gasteiger partial charge in [0.15, 0.2) is 0 Å². The number of H-pyrrole nitrogens is 1. The number of fused-ring (bicyclic) bond motifs is 1. The van der Waals surface area contributed by atoms with Gasteiger partial charge in [-0.15, -0.1) is 0 Å². The maximum Gasteiger partial charge on any atom is 0.270 e. The van der Waals surface area contributed by atoms with Gasteiger partial charge in [-0.3, -0.25) is 14.8 Å². The maximum absolute atomic E-state index is 12.6. The first kappa shape index (κ1) is 16.5. The number of nitriles is 1. The molecule has 126 valence electrons. The first-order valence-electron chi connectivity index (χ1n) is 7.11. The lowest BCUT2D eigenvalue weighted by atomic mass is 10.2. The molecule has 0 bridgehead atoms. The van der Waals surface area contributed by atoms with Gasteiger partial charge in [0.1, 0.15) is 11.8 Å². The van der Waals surface area contributed by atoms with Gasteiger partial charge in [0.2, 0.25) is 0 Å². The van der Waals surface area contributed by atoms with Crippen LogP contribution in [0, 0.1) is 28.4 Å². The number of hydrogen-bond acceptors (Lipinski definition) is 5. The van der Waals surface area contributed by atoms with Crippen LogP contribution in [0.1, 0.15) is 11.3 Å². The molecule has 3 rings (SSSR count). The summed E-state index contributed by atoms with van der Waals surface area (Å²) in [5, 5.41) is 20.5. The van der Waals surface area contributed by atoms with E-state index in [0.717, 1.165) is 5.56 Å². The lowest BCUT2D eigenvalue weighted by molar-refractivity contribution is -0.384. The number of aryl methyl sites for hydroxylation is 1. The van der Waals surface area contributed by atoms with Crippen LogP contribution in [0.25, 0.3) is 10.9 Å². The summed E-state index contributed by atoms with van der Waals surface area (Å²) >= 11 is 0. The van der Waals surface area contributed by atoms with E-state index in [1.54, 1.807) is 12.1 Å². The first-order chi connectivity index (χ1) is 11.8. The summed E-state index contributed by atoms with van der Waals surface area (Å²) in [5.74, 6) is 0. The van der Waals surface area contributed by atoms with Crippen LogP contribution in [0.15, 0.2) is 47.4 Å². The number of aromatic amines is 1. The molecule has 2 N–H and O–H groups in total. The highest BCUT2D eigenvalue weighted by Crippen LogP contribution is 2.32. The van der Waals surface area contributed by atoms with Crippen LogP contribution in [0.3, 0.4) is 0 Å². The molecule has 0 radical (unpaired) electrons. The van der Waals surface area contributed by atoms with Crippen molar-refractivity contribution in [3.63, 3.8) is 0 Å². The molecule has 0 unspecified atom stereocenters. The van der Waals surface area contributed by atoms with Gasteiger partial charge in [0, 0.05) is 23.0 Å². The highest BCUT2D eigenvalue weighted by atomic mass is 32.2. The number of nitro groups is 1. The molecule has 25 heavy (non-hydrogen) atoms. The molecular weight excluding hydrogens is 344 g/mol. The second kappa shape index (κ2) is 5.92. The SMILES string of the molecule is Cc1ccc(S(=O)(=O)Nc2c(C#N)[nH]c3ccc([N+](=O)[O-])cc23)cc1. The fourth-order valence-electron chi connectivity index (χ4n) is 2.39. The van der Waals surface area contributed by atoms with Crippen molar-refractivity contribution in [1.82, 2.24) is 4.98 Å². The second-order valence-corrected chi connectivity index (χ2v) is 7.07. The number of aromatic nitrogens is 1. The number of rotatable bonds is 4. The molecule has 0 spiro atoms. The van der Waals surface area contributed by atoms with Crippen molar-refractivity contribution in [1.29, 1.82) is 5.26 Å². The van der Waals surface area contributed by atoms with Crippen molar-refractivity contribution in [2.75, 3.05) is 4.72 Å². The predicted octanol–water partition coefficient (Wildman–Crippen LogP) is 3.06. The Morgan fingerprint density at radius 2 is 1.88 bits per heavy atom. The molecule has 9 heteroatoms. The van der Waals surface area contributed by atoms with Gasteiger partial charge in [-0.05, 0) is 25.1 Å². The highest BCUT2D eigenvalue weighted by molar-refractivity contribution is 7.92. The highest BCUT2D eigenvalue weighted by Gasteiger charge is 2.21. The normalized spacial score (nSPS) is 11.2. The zero-order valence-electron chi connectivity index (χ0n) is 13.0. The number of sulfonamides is 1. The average molecular weight is 356 g/mol. The van der Waals surface area contributed by atoms with Crippen molar-refractivity contribution in [3.05, 3.63) is 63.8 Å². The zero-order chi connectivity index (χ0) is 18.2. The minimum Gasteiger partial charge on any atom is -0.345 e. The maximum atomic E-state index is 12.6. The minimum atomic E-state index is -3.95. The Morgan fingerprint density at radius 3 is 2.48 bits per heavy atom. The minimum absolute atomic E-state index is 0.0122. The Bertz CT molecular complexity index is 1130. The number of anilines is 1. The molecule has 0 saturated carbocycles. The zero-order valence-corrected chi connectivity index (χ0v) is 13.8. The standard InChI is InChI=1S/C16H12N4O4S/c1-10-2-5-12(6-3-10)25(23,24)19-16-13-8-11(20(21)22)4-7-14(13)18-15(16)9-17/h2-8,18-19H,1H3. The second-order valence-electron chi connectivity index (χ2n) is 5.39. The molecular formula is C16H12N4O4S. The predicted molar refractivity (Wildman–Crippen MR) is 91.7 cm³/mol. The molecule has 2 aromatic carbocycles. The number of nitrogens with zero attached hydrogens (tertiary/aromatic N) is 2. The van der Waals surface area contributed by atoms with Crippen LogP contribution < -0.4 is 4.72 Å². The van der Waals surface area contributed by atoms with E-state index >= 15 is 0 Å². The largest absolute Gasteiger partial charge is 0.345 e. The lowest BCUT2D eigenvalue weighted by Gasteiger charge is -2.08. The van der Waals surface area contributed by atoms with E-state index in [-0.39, 0.29) is 27.4 Å². The van der Waals surface area contributed by atoms with Crippen LogP contribution in [0.4, 0.5) is 11.4 Å². The molecule has 0 amide bonds. The van der Waals surface area contributed by atoms with Crippen molar-refractivity contribution in [2.45, 2.75) is 11.8 Å². The van der Waals surface area contributed by atoms with Gasteiger partial charge in [-0.1, -0.05) is 17.7 Å². The summed E-state index contributed by atoms with van der Waals surface area (Å²) in [6.07, 6.45) is 0. The first-order valence-corrected chi connectivity index (χ1v) is 8.60. The number of benzene rings is 2. The monoisotopic (exact) mass is 356 g/mol. The van der Waals surface area contributed by atoms with Gasteiger partial charge in [0.25, 0.3) is 15.7 Å². The summed E-state index contributed by atoms with van der Waals surface area (Å²) in [5.41, 5.74) is 1.09. The van der Waals surface area contributed by atoms with E-state index in [1.165, 1.54) is 30.3 Å². The molecule has 0 aliphatic carbocycles. The van der Waals surface area contributed by atoms with Crippen molar-refractivity contribution in [3.8, 4) is 6.07 Å². The van der Waals surface area contributed by atoms with Crippen molar-refractivity contribution in [2.24, 2.45) is 0 Å². The third-order valence-corrected chi connectivity index (χ3v) is 5.04. The quantitative estimate of drug-likeness (QED) is 0.548. The van der Waals surface area contributed by atoms with E-state index in [4.69, 9.17) is 0 Å². The summed E-state index contributed by atoms with van der Waals surface area (Å²) in [6, 6.07) is 12.0. The number of hydrogen-bond donors (Lipinski definition) is 2. The molecule has 0 saturated heterocycles.